The van der Waals surface area contributed by atoms with Crippen LogP contribution in [0.25, 0.3) is 11.2 Å². The minimum absolute atomic E-state index is 0.0284. The van der Waals surface area contributed by atoms with E-state index in [4.69, 9.17) is 33.0 Å². The van der Waals surface area contributed by atoms with Gasteiger partial charge in [0.2, 0.25) is 0 Å². The van der Waals surface area contributed by atoms with Crippen LogP contribution in [0, 0.1) is 10.1 Å². The Morgan fingerprint density at radius 2 is 1.42 bits per heavy atom. The lowest BCUT2D eigenvalue weighted by molar-refractivity contribution is -0.384. The van der Waals surface area contributed by atoms with Crippen molar-refractivity contribution < 1.29 is 37.7 Å². The third-order valence-electron chi connectivity index (χ3n) is 12.0. The van der Waals surface area contributed by atoms with Gasteiger partial charge in [-0.25, -0.2) is 19.6 Å². The molecule has 1 unspecified atom stereocenters. The molecular formula is C52H56N7O9P. The van der Waals surface area contributed by atoms with Crippen molar-refractivity contribution in [3.63, 3.8) is 0 Å². The van der Waals surface area contributed by atoms with E-state index < -0.39 is 37.5 Å². The van der Waals surface area contributed by atoms with Crippen LogP contribution < -0.4 is 14.8 Å². The van der Waals surface area contributed by atoms with Crippen LogP contribution in [0.3, 0.4) is 0 Å². The van der Waals surface area contributed by atoms with Crippen LogP contribution in [0.5, 0.6) is 11.5 Å². The summed E-state index contributed by atoms with van der Waals surface area (Å²) in [6, 6.07) is 41.2. The first-order valence-electron chi connectivity index (χ1n) is 22.8. The second-order valence-corrected chi connectivity index (χ2v) is 18.4. The van der Waals surface area contributed by atoms with Gasteiger partial charge in [0.1, 0.15) is 35.8 Å². The molecule has 69 heavy (non-hydrogen) atoms. The number of amides is 1. The zero-order chi connectivity index (χ0) is 48.5. The standard InChI is InChI=1S/C52H56N7O9P/c1-35(2)58(36(3)4)69(66-30-29-37-17-23-42(24-18-37)59(61)62)68-45-31-47(57-34-55-48-49(53-33-54-50(48)57)56-51(60)38-13-9-7-10-14-38)67-46(45)32-65-52(39-15-11-8-12-16-39,40-19-25-43(63-5)26-20-40)41-21-27-44(64-6)28-22-41/h7-28,33-36,45-47H,29-32H2,1-6H3,(H,53,54,56,60)/t45-,46+,47+,69?/m0/s1. The number of fused-ring (bicyclic) bond motifs is 1. The van der Waals surface area contributed by atoms with E-state index in [2.05, 4.69) is 47.7 Å². The Morgan fingerprint density at radius 3 is 2.00 bits per heavy atom. The number of anilines is 1. The molecule has 16 nitrogen and oxygen atoms in total. The van der Waals surface area contributed by atoms with Crippen LogP contribution in [0.15, 0.2) is 146 Å². The van der Waals surface area contributed by atoms with Gasteiger partial charge in [-0.1, -0.05) is 84.9 Å². The zero-order valence-electron chi connectivity index (χ0n) is 39.4. The molecule has 0 bridgehead atoms. The number of rotatable bonds is 21. The molecular weight excluding hydrogens is 898 g/mol. The maximum atomic E-state index is 13.3. The molecule has 0 saturated carbocycles. The predicted molar refractivity (Wildman–Crippen MR) is 263 cm³/mol. The summed E-state index contributed by atoms with van der Waals surface area (Å²) in [6.07, 6.45) is 2.00. The summed E-state index contributed by atoms with van der Waals surface area (Å²) >= 11 is 0. The number of nitro groups is 1. The number of benzene rings is 5. The topological polar surface area (TPSA) is 174 Å². The third-order valence-corrected chi connectivity index (χ3v) is 14.1. The van der Waals surface area contributed by atoms with Gasteiger partial charge in [-0.05, 0) is 92.8 Å². The molecule has 1 aliphatic heterocycles. The van der Waals surface area contributed by atoms with Crippen molar-refractivity contribution in [2.45, 2.75) is 76.7 Å². The van der Waals surface area contributed by atoms with Crippen LogP contribution in [-0.4, -0.2) is 86.7 Å². The highest BCUT2D eigenvalue weighted by Crippen LogP contribution is 2.51. The quantitative estimate of drug-likeness (QED) is 0.0312. The average Bonchev–Trinajstić information content (AvgIpc) is 3.99. The molecule has 358 valence electrons. The summed E-state index contributed by atoms with van der Waals surface area (Å²) < 4.78 is 43.7. The van der Waals surface area contributed by atoms with Gasteiger partial charge in [-0.15, -0.1) is 0 Å². The fourth-order valence-corrected chi connectivity index (χ4v) is 10.4. The zero-order valence-corrected chi connectivity index (χ0v) is 40.3. The number of methoxy groups -OCH3 is 2. The molecule has 1 amide bonds. The van der Waals surface area contributed by atoms with E-state index in [9.17, 15) is 14.9 Å². The molecule has 2 aromatic heterocycles. The number of nitro benzene ring substituents is 1. The molecule has 5 aromatic carbocycles. The van der Waals surface area contributed by atoms with E-state index in [1.54, 1.807) is 56.9 Å². The maximum Gasteiger partial charge on any atom is 0.269 e. The maximum absolute atomic E-state index is 13.3. The van der Waals surface area contributed by atoms with E-state index in [-0.39, 0.29) is 36.1 Å². The van der Waals surface area contributed by atoms with Gasteiger partial charge >= 0.3 is 0 Å². The van der Waals surface area contributed by atoms with Gasteiger partial charge in [0.25, 0.3) is 20.1 Å². The van der Waals surface area contributed by atoms with E-state index in [1.807, 2.05) is 89.5 Å². The number of aromatic nitrogens is 4. The fraction of sp³-hybridized carbons (Fsp3) is 0.308. The number of carbonyl (C=O) groups excluding carboxylic acids is 1. The second-order valence-electron chi connectivity index (χ2n) is 17.0. The molecule has 17 heteroatoms. The summed E-state index contributed by atoms with van der Waals surface area (Å²) in [5.41, 5.74) is 3.71. The lowest BCUT2D eigenvalue weighted by atomic mass is 9.80. The van der Waals surface area contributed by atoms with Crippen LogP contribution >= 0.6 is 8.53 Å². The fourth-order valence-electron chi connectivity index (χ4n) is 8.60. The number of non-ortho nitro benzene ring substituents is 1. The summed E-state index contributed by atoms with van der Waals surface area (Å²) in [7, 11) is 1.55. The lowest BCUT2D eigenvalue weighted by Crippen LogP contribution is -2.39. The largest absolute Gasteiger partial charge is 0.497 e. The molecule has 1 N–H and O–H groups in total. The summed E-state index contributed by atoms with van der Waals surface area (Å²) in [5, 5.41) is 14.2. The highest BCUT2D eigenvalue weighted by atomic mass is 31.2. The summed E-state index contributed by atoms with van der Waals surface area (Å²) in [6.45, 7) is 8.78. The van der Waals surface area contributed by atoms with Crippen molar-refractivity contribution in [3.05, 3.63) is 184 Å². The first kappa shape index (κ1) is 48.8. The minimum Gasteiger partial charge on any atom is -0.497 e. The first-order chi connectivity index (χ1) is 33.5. The van der Waals surface area contributed by atoms with E-state index in [0.29, 0.717) is 47.7 Å². The van der Waals surface area contributed by atoms with E-state index in [0.717, 1.165) is 22.3 Å². The third kappa shape index (κ3) is 11.0. The molecule has 1 saturated heterocycles. The number of imidazole rings is 1. The lowest BCUT2D eigenvalue weighted by Gasteiger charge is -2.39. The predicted octanol–water partition coefficient (Wildman–Crippen LogP) is 10.3. The molecule has 0 radical (unpaired) electrons. The van der Waals surface area contributed by atoms with Crippen molar-refractivity contribution in [1.29, 1.82) is 0 Å². The molecule has 1 fully saturated rings. The molecule has 1 aliphatic rings. The van der Waals surface area contributed by atoms with Gasteiger partial charge in [0.05, 0.1) is 44.8 Å². The normalized spacial score (nSPS) is 16.6. The van der Waals surface area contributed by atoms with Gasteiger partial charge in [-0.3, -0.25) is 19.5 Å². The Kier molecular flexibility index (Phi) is 15.7. The molecule has 8 rings (SSSR count). The minimum atomic E-state index is -1.72. The highest BCUT2D eigenvalue weighted by molar-refractivity contribution is 7.44. The molecule has 0 spiro atoms. The smallest absolute Gasteiger partial charge is 0.269 e. The van der Waals surface area contributed by atoms with Gasteiger partial charge in [0.15, 0.2) is 17.0 Å². The molecule has 3 heterocycles. The Labute approximate surface area is 402 Å². The van der Waals surface area contributed by atoms with Crippen molar-refractivity contribution in [3.8, 4) is 11.5 Å². The van der Waals surface area contributed by atoms with Crippen molar-refractivity contribution >= 4 is 37.1 Å². The number of ether oxygens (including phenoxy) is 4. The number of hydrogen-bond donors (Lipinski definition) is 1. The van der Waals surface area contributed by atoms with Crippen LogP contribution in [-0.2, 0) is 30.5 Å². The first-order valence-corrected chi connectivity index (χ1v) is 23.9. The second kappa shape index (κ2) is 22.2. The van der Waals surface area contributed by atoms with Crippen LogP contribution in [0.2, 0.25) is 0 Å². The Morgan fingerprint density at radius 1 is 0.826 bits per heavy atom. The van der Waals surface area contributed by atoms with Crippen molar-refractivity contribution in [2.75, 3.05) is 32.8 Å². The highest BCUT2D eigenvalue weighted by Gasteiger charge is 2.45. The number of nitrogens with one attached hydrogen (secondary N) is 1. The molecule has 4 atom stereocenters. The van der Waals surface area contributed by atoms with Crippen LogP contribution in [0.4, 0.5) is 11.5 Å². The molecule has 0 aliphatic carbocycles. The van der Waals surface area contributed by atoms with Crippen molar-refractivity contribution in [1.82, 2.24) is 24.2 Å². The summed E-state index contributed by atoms with van der Waals surface area (Å²) in [4.78, 5) is 37.9. The number of hydrogen-bond acceptors (Lipinski definition) is 13. The van der Waals surface area contributed by atoms with Gasteiger partial charge < -0.3 is 33.3 Å². The van der Waals surface area contributed by atoms with Gasteiger partial charge in [-0.2, -0.15) is 0 Å². The number of carbonyl (C=O) groups is 1. The Hall–Kier alpha value is -6.65. The van der Waals surface area contributed by atoms with E-state index >= 15 is 0 Å². The summed E-state index contributed by atoms with van der Waals surface area (Å²) in [5.74, 6) is 1.34. The van der Waals surface area contributed by atoms with E-state index in [1.165, 1.54) is 18.5 Å². The van der Waals surface area contributed by atoms with Crippen LogP contribution in [0.1, 0.15) is 73.0 Å². The Bertz CT molecular complexity index is 2730. The van der Waals surface area contributed by atoms with Crippen molar-refractivity contribution in [2.24, 2.45) is 0 Å². The monoisotopic (exact) mass is 953 g/mol. The molecule has 7 aromatic rings. The Balaban J connectivity index is 1.16. The average molecular weight is 954 g/mol. The van der Waals surface area contributed by atoms with Gasteiger partial charge in [0, 0.05) is 36.2 Å². The number of nitrogens with zero attached hydrogens (tertiary/aromatic N) is 6. The SMILES string of the molecule is COc1ccc(C(OC[C@H]2O[C@@H](n3cnc4c(NC(=O)c5ccccc5)ncnc43)C[C@@H]2OP(OCCc2ccc([N+](=O)[O-])cc2)N(C(C)C)C(C)C)(c2ccccc2)c2ccc(OC)cc2)cc1.